The smallest absolute Gasteiger partial charge is 0.309 e. The predicted octanol–water partition coefficient (Wildman–Crippen LogP) is 2.88. The van der Waals surface area contributed by atoms with Gasteiger partial charge in [0, 0.05) is 26.7 Å². The molecule has 1 amide bonds. The molecule has 1 atom stereocenters. The molecule has 2 heterocycles. The van der Waals surface area contributed by atoms with Gasteiger partial charge in [-0.3, -0.25) is 9.59 Å². The van der Waals surface area contributed by atoms with E-state index in [1.54, 1.807) is 36.7 Å². The lowest BCUT2D eigenvalue weighted by atomic mass is 9.98. The van der Waals surface area contributed by atoms with Gasteiger partial charge in [0.05, 0.1) is 5.92 Å². The number of carbonyl (C=O) groups excluding carboxylic acids is 2. The van der Waals surface area contributed by atoms with Crippen LogP contribution in [0, 0.1) is 11.7 Å². The van der Waals surface area contributed by atoms with Crippen molar-refractivity contribution in [1.29, 1.82) is 0 Å². The Morgan fingerprint density at radius 1 is 1.26 bits per heavy atom. The van der Waals surface area contributed by atoms with E-state index in [1.807, 2.05) is 0 Å². The van der Waals surface area contributed by atoms with E-state index in [9.17, 15) is 22.4 Å². The van der Waals surface area contributed by atoms with Gasteiger partial charge in [-0.15, -0.1) is 11.3 Å². The van der Waals surface area contributed by atoms with Gasteiger partial charge < -0.3 is 9.64 Å². The zero-order chi connectivity index (χ0) is 22.6. The van der Waals surface area contributed by atoms with Crippen LogP contribution in [0.25, 0.3) is 0 Å². The number of hydrogen-bond acceptors (Lipinski definition) is 6. The standard InChI is InChI=1S/C21H25FN2O5S2/c1-15(20(25)23(2)14-16-5-3-6-18(22)13-16)29-21(26)17-8-10-24(11-9-17)31(27,28)19-7-4-12-30-19/h3-7,12-13,15,17H,8-11,14H2,1-2H3. The van der Waals surface area contributed by atoms with Gasteiger partial charge in [-0.25, -0.2) is 12.8 Å². The summed E-state index contributed by atoms with van der Waals surface area (Å²) in [5, 5.41) is 1.71. The van der Waals surface area contributed by atoms with E-state index in [0.717, 1.165) is 11.3 Å². The number of sulfonamides is 1. The van der Waals surface area contributed by atoms with Gasteiger partial charge in [-0.05, 0) is 48.9 Å². The summed E-state index contributed by atoms with van der Waals surface area (Å²) in [5.41, 5.74) is 0.633. The highest BCUT2D eigenvalue weighted by Crippen LogP contribution is 2.27. The van der Waals surface area contributed by atoms with Gasteiger partial charge in [0.15, 0.2) is 6.10 Å². The topological polar surface area (TPSA) is 84.0 Å². The minimum absolute atomic E-state index is 0.192. The molecule has 3 rings (SSSR count). The van der Waals surface area contributed by atoms with Crippen LogP contribution in [0.15, 0.2) is 46.0 Å². The van der Waals surface area contributed by atoms with Crippen LogP contribution in [-0.4, -0.2) is 55.7 Å². The quantitative estimate of drug-likeness (QED) is 0.584. The Morgan fingerprint density at radius 3 is 2.58 bits per heavy atom. The fourth-order valence-electron chi connectivity index (χ4n) is 3.49. The number of nitrogens with zero attached hydrogens (tertiary/aromatic N) is 2. The maximum atomic E-state index is 13.3. The van der Waals surface area contributed by atoms with Gasteiger partial charge in [-0.1, -0.05) is 18.2 Å². The average molecular weight is 469 g/mol. The van der Waals surface area contributed by atoms with Crippen molar-refractivity contribution in [3.63, 3.8) is 0 Å². The van der Waals surface area contributed by atoms with Crippen molar-refractivity contribution in [2.75, 3.05) is 20.1 Å². The van der Waals surface area contributed by atoms with Crippen molar-refractivity contribution in [2.45, 2.75) is 36.6 Å². The molecule has 0 N–H and O–H groups in total. The molecular weight excluding hydrogens is 443 g/mol. The molecule has 1 aliphatic heterocycles. The zero-order valence-electron chi connectivity index (χ0n) is 17.4. The first-order valence-corrected chi connectivity index (χ1v) is 12.2. The second-order valence-electron chi connectivity index (χ2n) is 7.51. The van der Waals surface area contributed by atoms with E-state index < -0.39 is 33.9 Å². The van der Waals surface area contributed by atoms with Gasteiger partial charge >= 0.3 is 5.97 Å². The number of amides is 1. The number of carbonyl (C=O) groups is 2. The predicted molar refractivity (Wildman–Crippen MR) is 114 cm³/mol. The number of rotatable bonds is 7. The highest BCUT2D eigenvalue weighted by molar-refractivity contribution is 7.91. The van der Waals surface area contributed by atoms with Crippen LogP contribution in [0.3, 0.4) is 0 Å². The lowest BCUT2D eigenvalue weighted by Gasteiger charge is -2.30. The second-order valence-corrected chi connectivity index (χ2v) is 10.6. The Labute approximate surface area is 185 Å². The number of piperidine rings is 1. The minimum Gasteiger partial charge on any atom is -0.452 e. The molecule has 0 bridgehead atoms. The SMILES string of the molecule is CC(OC(=O)C1CCN(S(=O)(=O)c2cccs2)CC1)C(=O)N(C)Cc1cccc(F)c1. The maximum Gasteiger partial charge on any atom is 0.309 e. The largest absolute Gasteiger partial charge is 0.452 e. The Morgan fingerprint density at radius 2 is 1.97 bits per heavy atom. The van der Waals surface area contributed by atoms with Crippen LogP contribution < -0.4 is 0 Å². The van der Waals surface area contributed by atoms with Crippen molar-refractivity contribution >= 4 is 33.2 Å². The molecule has 1 unspecified atom stereocenters. The van der Waals surface area contributed by atoms with Crippen molar-refractivity contribution in [3.05, 3.63) is 53.2 Å². The number of likely N-dealkylation sites (N-methyl/N-ethyl adjacent to an activating group) is 1. The lowest BCUT2D eigenvalue weighted by Crippen LogP contribution is -2.42. The molecule has 0 spiro atoms. The summed E-state index contributed by atoms with van der Waals surface area (Å²) in [6.07, 6.45) is -0.314. The summed E-state index contributed by atoms with van der Waals surface area (Å²) in [7, 11) is -1.98. The van der Waals surface area contributed by atoms with Crippen molar-refractivity contribution in [1.82, 2.24) is 9.21 Å². The molecule has 0 aliphatic carbocycles. The average Bonchev–Trinajstić information content (AvgIpc) is 3.29. The third-order valence-electron chi connectivity index (χ3n) is 5.20. The molecule has 2 aromatic rings. The van der Waals surface area contributed by atoms with Crippen molar-refractivity contribution in [3.8, 4) is 0 Å². The maximum absolute atomic E-state index is 13.3. The monoisotopic (exact) mass is 468 g/mol. The Bertz CT molecular complexity index is 1020. The third-order valence-corrected chi connectivity index (χ3v) is 8.47. The number of thiophene rings is 1. The van der Waals surface area contributed by atoms with Crippen LogP contribution in [0.1, 0.15) is 25.3 Å². The highest BCUT2D eigenvalue weighted by Gasteiger charge is 2.34. The number of benzene rings is 1. The fourth-order valence-corrected chi connectivity index (χ4v) is 6.10. The molecule has 1 aromatic heterocycles. The normalized spacial score (nSPS) is 16.6. The molecule has 31 heavy (non-hydrogen) atoms. The molecule has 0 saturated carbocycles. The van der Waals surface area contributed by atoms with Gasteiger partial charge in [-0.2, -0.15) is 4.31 Å². The molecule has 7 nitrogen and oxygen atoms in total. The van der Waals surface area contributed by atoms with Crippen LogP contribution >= 0.6 is 11.3 Å². The van der Waals surface area contributed by atoms with Gasteiger partial charge in [0.2, 0.25) is 0 Å². The van der Waals surface area contributed by atoms with Crippen LogP contribution in [0.5, 0.6) is 0 Å². The molecule has 1 saturated heterocycles. The molecule has 10 heteroatoms. The van der Waals surface area contributed by atoms with E-state index in [2.05, 4.69) is 0 Å². The first-order chi connectivity index (χ1) is 14.7. The number of ether oxygens (including phenoxy) is 1. The molecule has 1 aliphatic rings. The molecule has 0 radical (unpaired) electrons. The second kappa shape index (κ2) is 9.88. The Balaban J connectivity index is 1.50. The van der Waals surface area contributed by atoms with E-state index in [4.69, 9.17) is 4.74 Å². The first-order valence-electron chi connectivity index (χ1n) is 9.92. The summed E-state index contributed by atoms with van der Waals surface area (Å²) >= 11 is 1.16. The third kappa shape index (κ3) is 5.69. The van der Waals surface area contributed by atoms with E-state index in [1.165, 1.54) is 28.3 Å². The Kier molecular flexibility index (Phi) is 7.45. The summed E-state index contributed by atoms with van der Waals surface area (Å²) in [5.74, 6) is -1.74. The molecular formula is C21H25FN2O5S2. The zero-order valence-corrected chi connectivity index (χ0v) is 19.0. The minimum atomic E-state index is -3.54. The van der Waals surface area contributed by atoms with Crippen LogP contribution in [-0.2, 0) is 30.9 Å². The number of esters is 1. The summed E-state index contributed by atoms with van der Waals surface area (Å²) < 4.78 is 45.5. The van der Waals surface area contributed by atoms with E-state index in [-0.39, 0.29) is 29.7 Å². The lowest BCUT2D eigenvalue weighted by molar-refractivity contribution is -0.163. The summed E-state index contributed by atoms with van der Waals surface area (Å²) in [4.78, 5) is 26.4. The first kappa shape index (κ1) is 23.4. The molecule has 168 valence electrons. The number of halogens is 1. The summed E-state index contributed by atoms with van der Waals surface area (Å²) in [6.45, 7) is 2.14. The van der Waals surface area contributed by atoms with Crippen molar-refractivity contribution < 1.29 is 27.1 Å². The fraction of sp³-hybridized carbons (Fsp3) is 0.429. The van der Waals surface area contributed by atoms with E-state index in [0.29, 0.717) is 18.4 Å². The molecule has 1 aromatic carbocycles. The van der Waals surface area contributed by atoms with Crippen LogP contribution in [0.4, 0.5) is 4.39 Å². The van der Waals surface area contributed by atoms with Crippen LogP contribution in [0.2, 0.25) is 0 Å². The number of hydrogen-bond donors (Lipinski definition) is 0. The van der Waals surface area contributed by atoms with E-state index >= 15 is 0 Å². The van der Waals surface area contributed by atoms with Gasteiger partial charge in [0.25, 0.3) is 15.9 Å². The summed E-state index contributed by atoms with van der Waals surface area (Å²) in [6, 6.07) is 9.20. The highest BCUT2D eigenvalue weighted by atomic mass is 32.2. The molecule has 1 fully saturated rings. The Hall–Kier alpha value is -2.30. The van der Waals surface area contributed by atoms with Crippen molar-refractivity contribution in [2.24, 2.45) is 5.92 Å². The van der Waals surface area contributed by atoms with Gasteiger partial charge in [0.1, 0.15) is 10.0 Å².